The van der Waals surface area contributed by atoms with Crippen molar-refractivity contribution in [3.8, 4) is 11.5 Å². The van der Waals surface area contributed by atoms with Crippen LogP contribution in [0, 0.1) is 6.92 Å². The Morgan fingerprint density at radius 3 is 2.07 bits per heavy atom. The molecule has 0 aliphatic rings. The van der Waals surface area contributed by atoms with Crippen molar-refractivity contribution in [1.82, 2.24) is 0 Å². The van der Waals surface area contributed by atoms with Crippen LogP contribution in [0.2, 0.25) is 0 Å². The number of rotatable bonds is 3. The fraction of sp³-hybridized carbons (Fsp3) is 0.455. The van der Waals surface area contributed by atoms with Gasteiger partial charge >= 0.3 is 0 Å². The second-order valence-electron chi connectivity index (χ2n) is 3.35. The highest BCUT2D eigenvalue weighted by Crippen LogP contribution is 2.32. The van der Waals surface area contributed by atoms with E-state index in [9.17, 15) is 0 Å². The Kier molecular flexibility index (Phi) is 3.36. The highest BCUT2D eigenvalue weighted by atomic mass is 16.5. The zero-order valence-corrected chi connectivity index (χ0v) is 9.13. The Morgan fingerprint density at radius 2 is 1.64 bits per heavy atom. The SMILES string of the molecule is COc1cc(C)c(C(C)N)cc1OC. The number of hydrogen-bond acceptors (Lipinski definition) is 3. The lowest BCUT2D eigenvalue weighted by atomic mass is 10.0. The first-order valence-corrected chi connectivity index (χ1v) is 4.58. The van der Waals surface area contributed by atoms with E-state index in [2.05, 4.69) is 0 Å². The van der Waals surface area contributed by atoms with E-state index in [4.69, 9.17) is 15.2 Å². The lowest BCUT2D eigenvalue weighted by molar-refractivity contribution is 0.354. The van der Waals surface area contributed by atoms with E-state index in [0.29, 0.717) is 0 Å². The van der Waals surface area contributed by atoms with Crippen molar-refractivity contribution in [2.24, 2.45) is 5.73 Å². The standard InChI is InChI=1S/C11H17NO2/c1-7-5-10(13-3)11(14-4)6-9(7)8(2)12/h5-6,8H,12H2,1-4H3. The number of benzene rings is 1. The molecule has 1 rings (SSSR count). The van der Waals surface area contributed by atoms with Gasteiger partial charge in [-0.1, -0.05) is 0 Å². The average Bonchev–Trinajstić information content (AvgIpc) is 2.16. The number of aryl methyl sites for hydroxylation is 1. The maximum Gasteiger partial charge on any atom is 0.161 e. The summed E-state index contributed by atoms with van der Waals surface area (Å²) in [7, 11) is 3.25. The van der Waals surface area contributed by atoms with Crippen LogP contribution in [0.4, 0.5) is 0 Å². The van der Waals surface area contributed by atoms with Crippen molar-refractivity contribution in [1.29, 1.82) is 0 Å². The van der Waals surface area contributed by atoms with Crippen LogP contribution in [0.5, 0.6) is 11.5 Å². The second kappa shape index (κ2) is 4.33. The van der Waals surface area contributed by atoms with Crippen LogP contribution >= 0.6 is 0 Å². The van der Waals surface area contributed by atoms with Gasteiger partial charge in [0.25, 0.3) is 0 Å². The van der Waals surface area contributed by atoms with Crippen LogP contribution in [0.15, 0.2) is 12.1 Å². The average molecular weight is 195 g/mol. The minimum absolute atomic E-state index is 0.00908. The molecule has 0 radical (unpaired) electrons. The normalized spacial score (nSPS) is 12.4. The number of methoxy groups -OCH3 is 2. The minimum atomic E-state index is 0.00908. The highest BCUT2D eigenvalue weighted by molar-refractivity contribution is 5.47. The van der Waals surface area contributed by atoms with Gasteiger partial charge in [0, 0.05) is 6.04 Å². The topological polar surface area (TPSA) is 44.5 Å². The fourth-order valence-electron chi connectivity index (χ4n) is 1.49. The Labute approximate surface area is 84.8 Å². The van der Waals surface area contributed by atoms with Gasteiger partial charge in [-0.15, -0.1) is 0 Å². The van der Waals surface area contributed by atoms with Crippen LogP contribution in [-0.4, -0.2) is 14.2 Å². The van der Waals surface area contributed by atoms with Crippen LogP contribution in [0.1, 0.15) is 24.1 Å². The summed E-state index contributed by atoms with van der Waals surface area (Å²) in [6.07, 6.45) is 0. The minimum Gasteiger partial charge on any atom is -0.493 e. The van der Waals surface area contributed by atoms with E-state index in [-0.39, 0.29) is 6.04 Å². The Balaban J connectivity index is 3.23. The molecule has 0 spiro atoms. The highest BCUT2D eigenvalue weighted by Gasteiger charge is 2.10. The van der Waals surface area contributed by atoms with Gasteiger partial charge in [0.05, 0.1) is 14.2 Å². The molecule has 0 bridgehead atoms. The predicted molar refractivity (Wildman–Crippen MR) is 56.9 cm³/mol. The van der Waals surface area contributed by atoms with Gasteiger partial charge in [0.2, 0.25) is 0 Å². The third-order valence-electron chi connectivity index (χ3n) is 2.26. The van der Waals surface area contributed by atoms with Crippen LogP contribution in [0.3, 0.4) is 0 Å². The second-order valence-corrected chi connectivity index (χ2v) is 3.35. The van der Waals surface area contributed by atoms with Gasteiger partial charge in [-0.05, 0) is 37.1 Å². The molecule has 3 heteroatoms. The molecule has 1 unspecified atom stereocenters. The van der Waals surface area contributed by atoms with E-state index in [1.54, 1.807) is 14.2 Å². The molecule has 0 saturated heterocycles. The van der Waals surface area contributed by atoms with Crippen molar-refractivity contribution in [2.45, 2.75) is 19.9 Å². The first-order valence-electron chi connectivity index (χ1n) is 4.58. The zero-order valence-electron chi connectivity index (χ0n) is 9.13. The first-order chi connectivity index (χ1) is 6.60. The van der Waals surface area contributed by atoms with Crippen molar-refractivity contribution in [3.63, 3.8) is 0 Å². The van der Waals surface area contributed by atoms with E-state index >= 15 is 0 Å². The van der Waals surface area contributed by atoms with E-state index in [0.717, 1.165) is 22.6 Å². The lowest BCUT2D eigenvalue weighted by Crippen LogP contribution is -2.07. The summed E-state index contributed by atoms with van der Waals surface area (Å²) >= 11 is 0. The van der Waals surface area contributed by atoms with Gasteiger partial charge in [-0.25, -0.2) is 0 Å². The maximum atomic E-state index is 5.83. The van der Waals surface area contributed by atoms with Gasteiger partial charge in [-0.2, -0.15) is 0 Å². The number of hydrogen-bond donors (Lipinski definition) is 1. The van der Waals surface area contributed by atoms with Crippen LogP contribution in [0.25, 0.3) is 0 Å². The summed E-state index contributed by atoms with van der Waals surface area (Å²) in [4.78, 5) is 0. The summed E-state index contributed by atoms with van der Waals surface area (Å²) in [5, 5.41) is 0. The van der Waals surface area contributed by atoms with E-state index < -0.39 is 0 Å². The third-order valence-corrected chi connectivity index (χ3v) is 2.26. The molecule has 2 N–H and O–H groups in total. The molecule has 3 nitrogen and oxygen atoms in total. The molecule has 0 saturated carbocycles. The molecule has 1 atom stereocenters. The molecule has 1 aromatic carbocycles. The van der Waals surface area contributed by atoms with Gasteiger partial charge in [0.15, 0.2) is 11.5 Å². The molecule has 0 aliphatic carbocycles. The summed E-state index contributed by atoms with van der Waals surface area (Å²) in [6, 6.07) is 3.88. The molecule has 14 heavy (non-hydrogen) atoms. The molecule has 0 amide bonds. The summed E-state index contributed by atoms with van der Waals surface area (Å²) in [5.41, 5.74) is 8.04. The smallest absolute Gasteiger partial charge is 0.161 e. The molecular weight excluding hydrogens is 178 g/mol. The molecule has 0 fully saturated rings. The first kappa shape index (κ1) is 10.9. The predicted octanol–water partition coefficient (Wildman–Crippen LogP) is 2.03. The van der Waals surface area contributed by atoms with Crippen molar-refractivity contribution in [2.75, 3.05) is 14.2 Å². The summed E-state index contributed by atoms with van der Waals surface area (Å²) < 4.78 is 10.4. The van der Waals surface area contributed by atoms with Crippen LogP contribution in [-0.2, 0) is 0 Å². The van der Waals surface area contributed by atoms with E-state index in [1.807, 2.05) is 26.0 Å². The van der Waals surface area contributed by atoms with Gasteiger partial charge in [0.1, 0.15) is 0 Å². The van der Waals surface area contributed by atoms with Gasteiger partial charge in [-0.3, -0.25) is 0 Å². The lowest BCUT2D eigenvalue weighted by Gasteiger charge is -2.14. The molecular formula is C11H17NO2. The monoisotopic (exact) mass is 195 g/mol. The zero-order chi connectivity index (χ0) is 10.7. The quantitative estimate of drug-likeness (QED) is 0.802. The molecule has 0 heterocycles. The van der Waals surface area contributed by atoms with Crippen LogP contribution < -0.4 is 15.2 Å². The summed E-state index contributed by atoms with van der Waals surface area (Å²) in [6.45, 7) is 3.97. The molecule has 0 aromatic heterocycles. The molecule has 0 aliphatic heterocycles. The van der Waals surface area contributed by atoms with Crippen molar-refractivity contribution >= 4 is 0 Å². The Bertz CT molecular complexity index is 321. The number of ether oxygens (including phenoxy) is 2. The van der Waals surface area contributed by atoms with Crippen molar-refractivity contribution in [3.05, 3.63) is 23.3 Å². The van der Waals surface area contributed by atoms with Gasteiger partial charge < -0.3 is 15.2 Å². The van der Waals surface area contributed by atoms with Crippen molar-refractivity contribution < 1.29 is 9.47 Å². The Morgan fingerprint density at radius 1 is 1.14 bits per heavy atom. The maximum absolute atomic E-state index is 5.83. The summed E-state index contributed by atoms with van der Waals surface area (Å²) in [5.74, 6) is 1.47. The molecule has 1 aromatic rings. The molecule has 78 valence electrons. The fourth-order valence-corrected chi connectivity index (χ4v) is 1.49. The Hall–Kier alpha value is -1.22. The third kappa shape index (κ3) is 1.99. The van der Waals surface area contributed by atoms with E-state index in [1.165, 1.54) is 0 Å². The largest absolute Gasteiger partial charge is 0.493 e. The number of nitrogens with two attached hydrogens (primary N) is 1.